The average molecular weight is 273 g/mol. The van der Waals surface area contributed by atoms with E-state index in [0.29, 0.717) is 22.9 Å². The Balaban J connectivity index is 2.33. The molecule has 4 heteroatoms. The predicted molar refractivity (Wildman–Crippen MR) is 57.3 cm³/mol. The smallest absolute Gasteiger partial charge is 0.312 e. The van der Waals surface area contributed by atoms with E-state index in [4.69, 9.17) is 5.11 Å². The van der Waals surface area contributed by atoms with E-state index < -0.39 is 17.6 Å². The van der Waals surface area contributed by atoms with Crippen molar-refractivity contribution in [1.82, 2.24) is 0 Å². The maximum atomic E-state index is 14.1. The Kier molecular flexibility index (Phi) is 2.54. The Hall–Kier alpha value is -0.900. The van der Waals surface area contributed by atoms with Crippen LogP contribution in [0.3, 0.4) is 0 Å². The number of benzene rings is 1. The number of halogens is 2. The third-order valence-corrected chi connectivity index (χ3v) is 3.60. The first-order valence-electron chi connectivity index (χ1n) is 4.70. The van der Waals surface area contributed by atoms with Crippen LogP contribution in [0.25, 0.3) is 0 Å². The van der Waals surface area contributed by atoms with Gasteiger partial charge in [-0.15, -0.1) is 0 Å². The predicted octanol–water partition coefficient (Wildman–Crippen LogP) is 3.32. The van der Waals surface area contributed by atoms with Crippen molar-refractivity contribution in [3.63, 3.8) is 0 Å². The fourth-order valence-corrected chi connectivity index (χ4v) is 2.17. The van der Waals surface area contributed by atoms with Crippen molar-refractivity contribution in [2.24, 2.45) is 5.41 Å². The number of rotatable bonds is 3. The Morgan fingerprint density at radius 2 is 2.07 bits per heavy atom. The second-order valence-corrected chi connectivity index (χ2v) is 4.70. The maximum absolute atomic E-state index is 14.1. The summed E-state index contributed by atoms with van der Waals surface area (Å²) in [5, 5.41) is 8.97. The molecule has 1 N–H and O–H groups in total. The van der Waals surface area contributed by atoms with Gasteiger partial charge in [-0.3, -0.25) is 4.79 Å². The summed E-state index contributed by atoms with van der Waals surface area (Å²) < 4.78 is 14.7. The van der Waals surface area contributed by atoms with Crippen LogP contribution in [0.5, 0.6) is 0 Å². The number of carboxylic acids is 1. The van der Waals surface area contributed by atoms with E-state index in [1.807, 2.05) is 0 Å². The van der Waals surface area contributed by atoms with Crippen molar-refractivity contribution in [3.8, 4) is 0 Å². The third-order valence-electron chi connectivity index (χ3n) is 2.88. The van der Waals surface area contributed by atoms with Crippen LogP contribution in [0, 0.1) is 5.41 Å². The maximum Gasteiger partial charge on any atom is 0.312 e. The first-order valence-corrected chi connectivity index (χ1v) is 5.49. The minimum atomic E-state index is -1.43. The largest absolute Gasteiger partial charge is 0.481 e. The highest BCUT2D eigenvalue weighted by molar-refractivity contribution is 9.10. The van der Waals surface area contributed by atoms with Gasteiger partial charge in [0.1, 0.15) is 11.6 Å². The lowest BCUT2D eigenvalue weighted by Gasteiger charge is -2.17. The number of alkyl halides is 1. The van der Waals surface area contributed by atoms with Gasteiger partial charge in [-0.25, -0.2) is 4.39 Å². The zero-order valence-corrected chi connectivity index (χ0v) is 9.50. The van der Waals surface area contributed by atoms with Crippen molar-refractivity contribution >= 4 is 21.9 Å². The number of carbonyl (C=O) groups is 1. The molecule has 0 spiro atoms. The highest BCUT2D eigenvalue weighted by Gasteiger charge is 2.57. The van der Waals surface area contributed by atoms with Crippen molar-refractivity contribution in [3.05, 3.63) is 34.3 Å². The van der Waals surface area contributed by atoms with E-state index in [9.17, 15) is 9.18 Å². The highest BCUT2D eigenvalue weighted by atomic mass is 79.9. The molecule has 0 radical (unpaired) electrons. The minimum absolute atomic E-state index is 0.421. The van der Waals surface area contributed by atoms with Gasteiger partial charge in [0.05, 0.1) is 0 Å². The second-order valence-electron chi connectivity index (χ2n) is 3.85. The van der Waals surface area contributed by atoms with Crippen molar-refractivity contribution in [2.45, 2.75) is 19.0 Å². The SMILES string of the molecule is O=C(O)C1(C(F)c2ccccc2Br)CC1. The highest BCUT2D eigenvalue weighted by Crippen LogP contribution is 2.57. The summed E-state index contributed by atoms with van der Waals surface area (Å²) in [6.45, 7) is 0. The van der Waals surface area contributed by atoms with Crippen molar-refractivity contribution < 1.29 is 14.3 Å². The summed E-state index contributed by atoms with van der Waals surface area (Å²) in [6, 6.07) is 6.84. The number of aliphatic carboxylic acids is 1. The molecule has 1 aromatic rings. The van der Waals surface area contributed by atoms with Crippen LogP contribution in [-0.2, 0) is 4.79 Å². The van der Waals surface area contributed by atoms with Crippen LogP contribution < -0.4 is 0 Å². The monoisotopic (exact) mass is 272 g/mol. The van der Waals surface area contributed by atoms with E-state index in [0.717, 1.165) is 0 Å². The first-order chi connectivity index (χ1) is 7.08. The van der Waals surface area contributed by atoms with Gasteiger partial charge in [0, 0.05) is 10.0 Å². The molecule has 1 saturated carbocycles. The number of carboxylic acid groups (broad SMARTS) is 1. The Labute approximate surface area is 95.2 Å². The first kappa shape index (κ1) is 10.6. The second kappa shape index (κ2) is 3.59. The molecule has 1 atom stereocenters. The van der Waals surface area contributed by atoms with Gasteiger partial charge in [0.25, 0.3) is 0 Å². The van der Waals surface area contributed by atoms with E-state index in [1.165, 1.54) is 0 Å². The Morgan fingerprint density at radius 1 is 1.47 bits per heavy atom. The average Bonchev–Trinajstić information content (AvgIpc) is 2.98. The van der Waals surface area contributed by atoms with E-state index >= 15 is 0 Å². The Morgan fingerprint density at radius 3 is 2.53 bits per heavy atom. The van der Waals surface area contributed by atoms with Crippen LogP contribution in [0.4, 0.5) is 4.39 Å². The van der Waals surface area contributed by atoms with Crippen LogP contribution in [-0.4, -0.2) is 11.1 Å². The van der Waals surface area contributed by atoms with E-state index in [1.54, 1.807) is 24.3 Å². The fraction of sp³-hybridized carbons (Fsp3) is 0.364. The molecule has 1 fully saturated rings. The lowest BCUT2D eigenvalue weighted by molar-refractivity contribution is -0.146. The lowest BCUT2D eigenvalue weighted by Crippen LogP contribution is -2.21. The molecule has 0 saturated heterocycles. The summed E-state index contributed by atoms with van der Waals surface area (Å²) in [6.07, 6.45) is -0.582. The zero-order chi connectivity index (χ0) is 11.1. The molecule has 1 unspecified atom stereocenters. The third kappa shape index (κ3) is 1.67. The Bertz CT molecular complexity index is 401. The molecule has 0 heterocycles. The van der Waals surface area contributed by atoms with Crippen LogP contribution in [0.15, 0.2) is 28.7 Å². The molecular formula is C11H10BrFO2. The van der Waals surface area contributed by atoms with Gasteiger partial charge in [-0.1, -0.05) is 34.1 Å². The molecule has 1 aromatic carbocycles. The molecule has 0 aliphatic heterocycles. The summed E-state index contributed by atoms with van der Waals surface area (Å²) in [4.78, 5) is 11.0. The molecule has 0 bridgehead atoms. The molecule has 0 aromatic heterocycles. The fourth-order valence-electron chi connectivity index (χ4n) is 1.69. The zero-order valence-electron chi connectivity index (χ0n) is 7.91. The van der Waals surface area contributed by atoms with Gasteiger partial charge in [-0.05, 0) is 18.9 Å². The normalized spacial score (nSPS) is 19.6. The standard InChI is InChI=1S/C11H10BrFO2/c12-8-4-2-1-3-7(8)9(13)11(5-6-11)10(14)15/h1-4,9H,5-6H2,(H,14,15). The molecular weight excluding hydrogens is 263 g/mol. The molecule has 15 heavy (non-hydrogen) atoms. The number of hydrogen-bond donors (Lipinski definition) is 1. The topological polar surface area (TPSA) is 37.3 Å². The summed E-state index contributed by atoms with van der Waals surface area (Å²) in [5.74, 6) is -1.04. The molecule has 1 aliphatic rings. The van der Waals surface area contributed by atoms with Gasteiger partial charge < -0.3 is 5.11 Å². The van der Waals surface area contributed by atoms with Gasteiger partial charge in [-0.2, -0.15) is 0 Å². The van der Waals surface area contributed by atoms with Gasteiger partial charge in [0.15, 0.2) is 0 Å². The van der Waals surface area contributed by atoms with Crippen LogP contribution in [0.1, 0.15) is 24.6 Å². The molecule has 2 rings (SSSR count). The molecule has 80 valence electrons. The van der Waals surface area contributed by atoms with Gasteiger partial charge >= 0.3 is 5.97 Å². The molecule has 0 amide bonds. The van der Waals surface area contributed by atoms with Crippen LogP contribution >= 0.6 is 15.9 Å². The minimum Gasteiger partial charge on any atom is -0.481 e. The summed E-state index contributed by atoms with van der Waals surface area (Å²) in [5.41, 5.74) is -0.749. The van der Waals surface area contributed by atoms with Crippen molar-refractivity contribution in [2.75, 3.05) is 0 Å². The van der Waals surface area contributed by atoms with E-state index in [2.05, 4.69) is 15.9 Å². The van der Waals surface area contributed by atoms with Crippen molar-refractivity contribution in [1.29, 1.82) is 0 Å². The van der Waals surface area contributed by atoms with Crippen LogP contribution in [0.2, 0.25) is 0 Å². The summed E-state index contributed by atoms with van der Waals surface area (Å²) in [7, 11) is 0. The lowest BCUT2D eigenvalue weighted by atomic mass is 9.94. The quantitative estimate of drug-likeness (QED) is 0.917. The summed E-state index contributed by atoms with van der Waals surface area (Å²) >= 11 is 3.23. The van der Waals surface area contributed by atoms with Gasteiger partial charge in [0.2, 0.25) is 0 Å². The molecule has 2 nitrogen and oxygen atoms in total. The molecule has 1 aliphatic carbocycles. The number of hydrogen-bond acceptors (Lipinski definition) is 1. The van der Waals surface area contributed by atoms with E-state index in [-0.39, 0.29) is 0 Å².